The second-order valence-electron chi connectivity index (χ2n) is 6.67. The van der Waals surface area contributed by atoms with E-state index in [0.717, 1.165) is 0 Å². The molecule has 146 valence electrons. The highest BCUT2D eigenvalue weighted by molar-refractivity contribution is 7.89. The highest BCUT2D eigenvalue weighted by Crippen LogP contribution is 2.23. The van der Waals surface area contributed by atoms with Crippen molar-refractivity contribution >= 4 is 26.8 Å². The summed E-state index contributed by atoms with van der Waals surface area (Å²) in [6, 6.07) is 8.49. The molecule has 0 bridgehead atoms. The topological polar surface area (TPSA) is 97.8 Å². The van der Waals surface area contributed by atoms with Crippen LogP contribution in [0.25, 0.3) is 10.9 Å². The lowest BCUT2D eigenvalue weighted by molar-refractivity contribution is 0.0927. The first-order chi connectivity index (χ1) is 12.8. The number of methoxy groups -OCH3 is 1. The number of carbonyl (C=O) groups is 1. The number of para-hydroxylation sites is 1. The van der Waals surface area contributed by atoms with Gasteiger partial charge in [0.1, 0.15) is 0 Å². The summed E-state index contributed by atoms with van der Waals surface area (Å²) in [5, 5.41) is 3.62. The number of carbonyl (C=O) groups excluding carboxylic acids is 1. The average Bonchev–Trinajstić information content (AvgIpc) is 3.06. The number of nitrogens with one attached hydrogen (secondary N) is 1. The predicted octanol–water partition coefficient (Wildman–Crippen LogP) is 0.880. The second-order valence-corrected chi connectivity index (χ2v) is 8.90. The molecule has 0 unspecified atom stereocenters. The van der Waals surface area contributed by atoms with Crippen molar-refractivity contribution in [3.63, 3.8) is 0 Å². The van der Waals surface area contributed by atoms with E-state index in [1.807, 2.05) is 18.2 Å². The third-order valence-electron chi connectivity index (χ3n) is 4.64. The lowest BCUT2D eigenvalue weighted by atomic mass is 10.0. The zero-order valence-corrected chi connectivity index (χ0v) is 16.3. The first-order valence-corrected chi connectivity index (χ1v) is 10.2. The molecule has 1 saturated heterocycles. The van der Waals surface area contributed by atoms with Crippen molar-refractivity contribution in [1.82, 2.24) is 14.6 Å². The zero-order valence-electron chi connectivity index (χ0n) is 15.5. The van der Waals surface area contributed by atoms with E-state index < -0.39 is 10.0 Å². The second kappa shape index (κ2) is 7.79. The van der Waals surface area contributed by atoms with Crippen LogP contribution in [0.15, 0.2) is 30.3 Å². The molecular weight excluding hydrogens is 370 g/mol. The predicted molar refractivity (Wildman–Crippen MR) is 101 cm³/mol. The maximum absolute atomic E-state index is 12.9. The van der Waals surface area contributed by atoms with Gasteiger partial charge in [0.05, 0.1) is 43.2 Å². The monoisotopic (exact) mass is 393 g/mol. The highest BCUT2D eigenvalue weighted by Gasteiger charge is 2.34. The number of nitrogens with zero attached hydrogens (tertiary/aromatic N) is 2. The number of sulfonamides is 1. The summed E-state index contributed by atoms with van der Waals surface area (Å²) in [6.45, 7) is 0.567. The minimum absolute atomic E-state index is 0.0780. The fourth-order valence-corrected chi connectivity index (χ4v) is 4.20. The van der Waals surface area contributed by atoms with E-state index in [0.29, 0.717) is 29.0 Å². The minimum atomic E-state index is -3.39. The van der Waals surface area contributed by atoms with Gasteiger partial charge in [-0.2, -0.15) is 0 Å². The first kappa shape index (κ1) is 19.5. The van der Waals surface area contributed by atoms with Gasteiger partial charge in [-0.05, 0) is 6.07 Å². The van der Waals surface area contributed by atoms with E-state index in [9.17, 15) is 13.2 Å². The van der Waals surface area contributed by atoms with E-state index in [4.69, 9.17) is 9.47 Å². The van der Waals surface area contributed by atoms with Gasteiger partial charge in [-0.1, -0.05) is 18.2 Å². The Hall–Kier alpha value is -2.23. The lowest BCUT2D eigenvalue weighted by Gasteiger charge is -2.21. The fourth-order valence-electron chi connectivity index (χ4n) is 3.03. The summed E-state index contributed by atoms with van der Waals surface area (Å²) in [4.78, 5) is 17.3. The van der Waals surface area contributed by atoms with Gasteiger partial charge in [0.2, 0.25) is 15.9 Å². The number of hydrogen-bond acceptors (Lipinski definition) is 6. The third kappa shape index (κ3) is 4.20. The van der Waals surface area contributed by atoms with Gasteiger partial charge in [0.15, 0.2) is 0 Å². The van der Waals surface area contributed by atoms with Crippen LogP contribution in [0.3, 0.4) is 0 Å². The maximum Gasteiger partial charge on any atom is 0.252 e. The molecule has 1 fully saturated rings. The Kier molecular flexibility index (Phi) is 5.64. The van der Waals surface area contributed by atoms with Gasteiger partial charge in [0, 0.05) is 31.5 Å². The first-order valence-electron chi connectivity index (χ1n) is 8.54. The van der Waals surface area contributed by atoms with Crippen molar-refractivity contribution in [2.75, 3.05) is 40.2 Å². The molecule has 1 aromatic heterocycles. The number of hydrogen-bond donors (Lipinski definition) is 1. The van der Waals surface area contributed by atoms with Gasteiger partial charge in [-0.25, -0.2) is 17.7 Å². The molecule has 8 nitrogen and oxygen atoms in total. The Balaban J connectivity index is 1.84. The molecule has 2 atom stereocenters. The number of aromatic nitrogens is 1. The summed E-state index contributed by atoms with van der Waals surface area (Å²) in [7, 11) is 1.09. The standard InChI is InChI=1S/C18H23N3O5S/c1-21(2)27(23,24)11-12-9-26-10-16(12)20-18(22)14-8-17(25-3)19-15-7-5-4-6-13(14)15/h4-8,12,16H,9-11H2,1-3H3,(H,20,22)/t12-,16+/m0/s1. The van der Waals surface area contributed by atoms with Crippen LogP contribution in [0.1, 0.15) is 10.4 Å². The van der Waals surface area contributed by atoms with Crippen LogP contribution in [0.2, 0.25) is 0 Å². The molecule has 0 spiro atoms. The molecular formula is C18H23N3O5S. The molecule has 27 heavy (non-hydrogen) atoms. The van der Waals surface area contributed by atoms with Crippen molar-refractivity contribution < 1.29 is 22.7 Å². The van der Waals surface area contributed by atoms with E-state index in [1.54, 1.807) is 12.1 Å². The Bertz CT molecular complexity index is 945. The molecule has 9 heteroatoms. The quantitative estimate of drug-likeness (QED) is 0.782. The Morgan fingerprint density at radius 1 is 1.33 bits per heavy atom. The van der Waals surface area contributed by atoms with Crippen molar-refractivity contribution in [3.8, 4) is 5.88 Å². The summed E-state index contributed by atoms with van der Waals surface area (Å²) >= 11 is 0. The SMILES string of the molecule is COc1cc(C(=O)N[C@@H]2COC[C@H]2CS(=O)(=O)N(C)C)c2ccccc2n1. The third-order valence-corrected chi connectivity index (χ3v) is 6.60. The van der Waals surface area contributed by atoms with Gasteiger partial charge in [-0.15, -0.1) is 0 Å². The molecule has 0 radical (unpaired) electrons. The molecule has 1 N–H and O–H groups in total. The summed E-state index contributed by atoms with van der Waals surface area (Å²) in [6.07, 6.45) is 0. The van der Waals surface area contributed by atoms with Crippen LogP contribution in [-0.4, -0.2) is 69.8 Å². The number of rotatable bonds is 6. The molecule has 1 amide bonds. The molecule has 1 aliphatic rings. The number of pyridine rings is 1. The Morgan fingerprint density at radius 2 is 2.07 bits per heavy atom. The van der Waals surface area contributed by atoms with Crippen molar-refractivity contribution in [1.29, 1.82) is 0 Å². The highest BCUT2D eigenvalue weighted by atomic mass is 32.2. The van der Waals surface area contributed by atoms with Crippen LogP contribution in [-0.2, 0) is 14.8 Å². The minimum Gasteiger partial charge on any atom is -0.481 e. The van der Waals surface area contributed by atoms with Crippen LogP contribution in [0.5, 0.6) is 5.88 Å². The maximum atomic E-state index is 12.9. The van der Waals surface area contributed by atoms with Crippen molar-refractivity contribution in [2.45, 2.75) is 6.04 Å². The normalized spacial score (nSPS) is 20.1. The van der Waals surface area contributed by atoms with Gasteiger partial charge >= 0.3 is 0 Å². The van der Waals surface area contributed by atoms with Gasteiger partial charge in [-0.3, -0.25) is 4.79 Å². The van der Waals surface area contributed by atoms with Crippen LogP contribution < -0.4 is 10.1 Å². The van der Waals surface area contributed by atoms with Crippen LogP contribution >= 0.6 is 0 Å². The van der Waals surface area contributed by atoms with Crippen LogP contribution in [0.4, 0.5) is 0 Å². The molecule has 0 aliphatic carbocycles. The summed E-state index contributed by atoms with van der Waals surface area (Å²) < 4.78 is 36.2. The molecule has 1 aliphatic heterocycles. The molecule has 0 saturated carbocycles. The largest absolute Gasteiger partial charge is 0.481 e. The smallest absolute Gasteiger partial charge is 0.252 e. The van der Waals surface area contributed by atoms with E-state index in [2.05, 4.69) is 10.3 Å². The van der Waals surface area contributed by atoms with Crippen LogP contribution in [0, 0.1) is 5.92 Å². The molecule has 2 heterocycles. The molecule has 1 aromatic carbocycles. The van der Waals surface area contributed by atoms with Crippen molar-refractivity contribution in [3.05, 3.63) is 35.9 Å². The number of ether oxygens (including phenoxy) is 2. The zero-order chi connectivity index (χ0) is 19.6. The van der Waals surface area contributed by atoms with Gasteiger partial charge < -0.3 is 14.8 Å². The van der Waals surface area contributed by atoms with E-state index in [-0.39, 0.29) is 30.2 Å². The number of amides is 1. The fraction of sp³-hybridized carbons (Fsp3) is 0.444. The van der Waals surface area contributed by atoms with E-state index >= 15 is 0 Å². The Labute approximate surface area is 158 Å². The van der Waals surface area contributed by atoms with Gasteiger partial charge in [0.25, 0.3) is 5.91 Å². The summed E-state index contributed by atoms with van der Waals surface area (Å²) in [5.41, 5.74) is 1.08. The van der Waals surface area contributed by atoms with Crippen molar-refractivity contribution in [2.24, 2.45) is 5.92 Å². The molecule has 2 aromatic rings. The number of benzene rings is 1. The summed E-state index contributed by atoms with van der Waals surface area (Å²) in [5.74, 6) is -0.356. The molecule has 3 rings (SSSR count). The average molecular weight is 393 g/mol. The number of fused-ring (bicyclic) bond motifs is 1. The lowest BCUT2D eigenvalue weighted by Crippen LogP contribution is -2.43. The van der Waals surface area contributed by atoms with E-state index in [1.165, 1.54) is 25.5 Å². The Morgan fingerprint density at radius 3 is 2.78 bits per heavy atom.